The van der Waals surface area contributed by atoms with Crippen LogP contribution in [0, 0.1) is 11.3 Å². The molecule has 6 heteroatoms. The van der Waals surface area contributed by atoms with E-state index < -0.39 is 0 Å². The second-order valence-electron chi connectivity index (χ2n) is 11.1. The first kappa shape index (κ1) is 27.1. The molecule has 38 heavy (non-hydrogen) atoms. The maximum absolute atomic E-state index is 13.7. The van der Waals surface area contributed by atoms with Crippen LogP contribution >= 0.6 is 0 Å². The van der Waals surface area contributed by atoms with Crippen LogP contribution in [0.15, 0.2) is 72.8 Å². The Morgan fingerprint density at radius 3 is 2.26 bits per heavy atom. The van der Waals surface area contributed by atoms with Gasteiger partial charge in [-0.3, -0.25) is 9.59 Å². The zero-order valence-corrected chi connectivity index (χ0v) is 22.4. The number of nitriles is 1. The molecule has 3 aromatic carbocycles. The van der Waals surface area contributed by atoms with E-state index in [0.717, 1.165) is 31.2 Å². The third kappa shape index (κ3) is 6.48. The van der Waals surface area contributed by atoms with E-state index in [0.29, 0.717) is 28.9 Å². The predicted molar refractivity (Wildman–Crippen MR) is 151 cm³/mol. The fourth-order valence-electron chi connectivity index (χ4n) is 4.99. The molecule has 6 nitrogen and oxygen atoms in total. The Kier molecular flexibility index (Phi) is 8.29. The van der Waals surface area contributed by atoms with Crippen LogP contribution in [0.2, 0.25) is 0 Å². The van der Waals surface area contributed by atoms with Crippen molar-refractivity contribution in [3.8, 4) is 6.07 Å². The minimum atomic E-state index is -0.178. The second-order valence-corrected chi connectivity index (χ2v) is 11.1. The maximum Gasteiger partial charge on any atom is 0.255 e. The molecule has 0 aliphatic heterocycles. The number of nitrogens with one attached hydrogen (secondary N) is 1. The molecule has 2 amide bonds. The molecule has 0 aromatic heterocycles. The Bertz CT molecular complexity index is 1320. The molecular weight excluding hydrogens is 472 g/mol. The summed E-state index contributed by atoms with van der Waals surface area (Å²) in [4.78, 5) is 28.4. The fourth-order valence-corrected chi connectivity index (χ4v) is 4.99. The summed E-state index contributed by atoms with van der Waals surface area (Å²) in [5.74, 6) is -0.285. The molecule has 0 bridgehead atoms. The smallest absolute Gasteiger partial charge is 0.255 e. The van der Waals surface area contributed by atoms with Crippen molar-refractivity contribution in [3.63, 3.8) is 0 Å². The number of nitrogens with zero attached hydrogens (tertiary/aromatic N) is 2. The van der Waals surface area contributed by atoms with E-state index in [2.05, 4.69) is 32.2 Å². The molecule has 0 saturated heterocycles. The van der Waals surface area contributed by atoms with Gasteiger partial charge in [-0.25, -0.2) is 0 Å². The van der Waals surface area contributed by atoms with Crippen molar-refractivity contribution >= 4 is 17.5 Å². The first-order valence-corrected chi connectivity index (χ1v) is 13.2. The van der Waals surface area contributed by atoms with Crippen LogP contribution in [-0.4, -0.2) is 28.8 Å². The summed E-state index contributed by atoms with van der Waals surface area (Å²) in [6, 6.07) is 23.9. The molecule has 2 atom stereocenters. The summed E-state index contributed by atoms with van der Waals surface area (Å²) in [7, 11) is 0. The van der Waals surface area contributed by atoms with Crippen molar-refractivity contribution in [3.05, 3.63) is 101 Å². The van der Waals surface area contributed by atoms with Crippen molar-refractivity contribution in [2.75, 3.05) is 5.32 Å². The Morgan fingerprint density at radius 1 is 0.974 bits per heavy atom. The first-order valence-electron chi connectivity index (χ1n) is 13.2. The zero-order valence-electron chi connectivity index (χ0n) is 22.4. The lowest BCUT2D eigenvalue weighted by atomic mass is 9.87. The number of hydrogen-bond acceptors (Lipinski definition) is 4. The third-order valence-corrected chi connectivity index (χ3v) is 7.25. The fraction of sp³-hybridized carbons (Fsp3) is 0.344. The van der Waals surface area contributed by atoms with Crippen molar-refractivity contribution in [2.45, 2.75) is 70.5 Å². The highest BCUT2D eigenvalue weighted by molar-refractivity contribution is 6.04. The molecule has 3 N–H and O–H groups in total. The highest BCUT2D eigenvalue weighted by atomic mass is 16.2. The molecule has 0 spiro atoms. The maximum atomic E-state index is 13.7. The highest BCUT2D eigenvalue weighted by Gasteiger charge is 2.31. The summed E-state index contributed by atoms with van der Waals surface area (Å²) in [6.07, 6.45) is 3.82. The van der Waals surface area contributed by atoms with E-state index in [1.807, 2.05) is 53.4 Å². The molecule has 1 fully saturated rings. The average molecular weight is 509 g/mol. The van der Waals surface area contributed by atoms with Gasteiger partial charge in [0.2, 0.25) is 0 Å². The van der Waals surface area contributed by atoms with E-state index in [4.69, 9.17) is 11.0 Å². The molecule has 1 aliphatic rings. The van der Waals surface area contributed by atoms with E-state index in [9.17, 15) is 9.59 Å². The first-order chi connectivity index (χ1) is 18.2. The topological polar surface area (TPSA) is 99.2 Å². The minimum Gasteiger partial charge on any atom is -0.330 e. The van der Waals surface area contributed by atoms with Crippen LogP contribution in [-0.2, 0) is 12.0 Å². The molecule has 0 heterocycles. The third-order valence-electron chi connectivity index (χ3n) is 7.25. The Hall–Kier alpha value is -3.95. The standard InChI is InChI=1S/C32H36N4O2/c1-32(2,3)26-17-15-24(16-18-26)30(37)35-27-8-6-7-23(19-27)21-36(29-10-5-4-9-28(29)34)31(38)25-13-11-22(20-33)12-14-25/h6-8,11-19,28-29H,4-5,9-10,21,34H2,1-3H3,(H,35,37). The Labute approximate surface area is 225 Å². The summed E-state index contributed by atoms with van der Waals surface area (Å²) < 4.78 is 0. The van der Waals surface area contributed by atoms with Gasteiger partial charge in [0.05, 0.1) is 11.6 Å². The van der Waals surface area contributed by atoms with Gasteiger partial charge in [-0.15, -0.1) is 0 Å². The van der Waals surface area contributed by atoms with Gasteiger partial charge in [-0.1, -0.05) is 57.9 Å². The van der Waals surface area contributed by atoms with Crippen LogP contribution < -0.4 is 11.1 Å². The molecular formula is C32H36N4O2. The average Bonchev–Trinajstić information content (AvgIpc) is 2.92. The van der Waals surface area contributed by atoms with Gasteiger partial charge in [-0.2, -0.15) is 5.26 Å². The lowest BCUT2D eigenvalue weighted by Crippen LogP contribution is -2.51. The lowest BCUT2D eigenvalue weighted by molar-refractivity contribution is 0.0583. The molecule has 196 valence electrons. The molecule has 1 aliphatic carbocycles. The van der Waals surface area contributed by atoms with E-state index in [-0.39, 0.29) is 29.3 Å². The molecule has 1 saturated carbocycles. The Balaban J connectivity index is 1.54. The van der Waals surface area contributed by atoms with Crippen molar-refractivity contribution in [2.24, 2.45) is 5.73 Å². The van der Waals surface area contributed by atoms with Gasteiger partial charge >= 0.3 is 0 Å². The number of amides is 2. The van der Waals surface area contributed by atoms with Gasteiger partial charge < -0.3 is 16.0 Å². The molecule has 2 unspecified atom stereocenters. The number of carbonyl (C=O) groups excluding carboxylic acids is 2. The van der Waals surface area contributed by atoms with E-state index in [1.54, 1.807) is 24.3 Å². The van der Waals surface area contributed by atoms with E-state index in [1.165, 1.54) is 5.56 Å². The monoisotopic (exact) mass is 508 g/mol. The van der Waals surface area contributed by atoms with E-state index >= 15 is 0 Å². The molecule has 0 radical (unpaired) electrons. The number of rotatable bonds is 6. The normalized spacial score (nSPS) is 17.3. The van der Waals surface area contributed by atoms with Crippen LogP contribution in [0.4, 0.5) is 5.69 Å². The minimum absolute atomic E-state index is 0.0191. The quantitative estimate of drug-likeness (QED) is 0.425. The van der Waals surface area contributed by atoms with Crippen LogP contribution in [0.3, 0.4) is 0 Å². The number of benzene rings is 3. The summed E-state index contributed by atoms with van der Waals surface area (Å²) in [6.45, 7) is 6.80. The lowest BCUT2D eigenvalue weighted by Gasteiger charge is -2.38. The molecule has 4 rings (SSSR count). The largest absolute Gasteiger partial charge is 0.330 e. The van der Waals surface area contributed by atoms with Crippen LogP contribution in [0.25, 0.3) is 0 Å². The summed E-state index contributed by atoms with van der Waals surface area (Å²) >= 11 is 0. The van der Waals surface area contributed by atoms with Crippen molar-refractivity contribution in [1.29, 1.82) is 5.26 Å². The van der Waals surface area contributed by atoms with Crippen molar-refractivity contribution in [1.82, 2.24) is 4.90 Å². The summed E-state index contributed by atoms with van der Waals surface area (Å²) in [5, 5.41) is 12.1. The van der Waals surface area contributed by atoms with Crippen molar-refractivity contribution < 1.29 is 9.59 Å². The van der Waals surface area contributed by atoms with Gasteiger partial charge in [-0.05, 0) is 77.9 Å². The van der Waals surface area contributed by atoms with Gasteiger partial charge in [0.1, 0.15) is 0 Å². The Morgan fingerprint density at radius 2 is 1.63 bits per heavy atom. The van der Waals surface area contributed by atoms with Gasteiger partial charge in [0.15, 0.2) is 0 Å². The number of carbonyl (C=O) groups is 2. The number of anilines is 1. The van der Waals surface area contributed by atoms with Crippen LogP contribution in [0.1, 0.15) is 83.9 Å². The second kappa shape index (κ2) is 11.6. The number of nitrogens with two attached hydrogens (primary N) is 1. The van der Waals surface area contributed by atoms with Gasteiger partial charge in [0, 0.05) is 35.4 Å². The van der Waals surface area contributed by atoms with Crippen LogP contribution in [0.5, 0.6) is 0 Å². The number of hydrogen-bond donors (Lipinski definition) is 2. The molecule has 3 aromatic rings. The van der Waals surface area contributed by atoms with Gasteiger partial charge in [0.25, 0.3) is 11.8 Å². The highest BCUT2D eigenvalue weighted by Crippen LogP contribution is 2.27. The SMILES string of the molecule is CC(C)(C)c1ccc(C(=O)Nc2cccc(CN(C(=O)c3ccc(C#N)cc3)C3CCCCC3N)c2)cc1. The summed E-state index contributed by atoms with van der Waals surface area (Å²) in [5.41, 5.74) is 10.9. The predicted octanol–water partition coefficient (Wildman–Crippen LogP) is 6.02. The zero-order chi connectivity index (χ0) is 27.3.